The molecule has 0 radical (unpaired) electrons. The third-order valence-electron chi connectivity index (χ3n) is 4.24. The summed E-state index contributed by atoms with van der Waals surface area (Å²) in [5.41, 5.74) is 2.18. The molecule has 1 aromatic heterocycles. The third kappa shape index (κ3) is 4.46. The highest BCUT2D eigenvalue weighted by Crippen LogP contribution is 2.26. The van der Waals surface area contributed by atoms with Crippen LogP contribution in [0.3, 0.4) is 0 Å². The molecule has 1 aliphatic rings. The molecule has 1 unspecified atom stereocenters. The van der Waals surface area contributed by atoms with Crippen LogP contribution in [0.5, 0.6) is 0 Å². The van der Waals surface area contributed by atoms with E-state index in [0.717, 1.165) is 31.0 Å². The lowest BCUT2D eigenvalue weighted by Crippen LogP contribution is -2.39. The minimum absolute atomic E-state index is 0. The molecular formula is C17H23FIN5. The average Bonchev–Trinajstić information content (AvgIpc) is 3.17. The fraction of sp³-hybridized carbons (Fsp3) is 0.412. The molecule has 1 N–H and O–H groups in total. The predicted molar refractivity (Wildman–Crippen MR) is 104 cm³/mol. The normalized spacial score (nSPS) is 17.7. The van der Waals surface area contributed by atoms with Crippen LogP contribution in [-0.2, 0) is 13.6 Å². The average molecular weight is 443 g/mol. The van der Waals surface area contributed by atoms with Crippen molar-refractivity contribution in [2.24, 2.45) is 12.0 Å². The molecule has 24 heavy (non-hydrogen) atoms. The van der Waals surface area contributed by atoms with Crippen molar-refractivity contribution in [1.82, 2.24) is 20.0 Å². The molecule has 0 saturated carbocycles. The summed E-state index contributed by atoms with van der Waals surface area (Å²) in [5.74, 6) is 1.13. The number of likely N-dealkylation sites (tertiary alicyclic amines) is 1. The van der Waals surface area contributed by atoms with Gasteiger partial charge in [0.15, 0.2) is 5.96 Å². The maximum Gasteiger partial charge on any atom is 0.193 e. The van der Waals surface area contributed by atoms with Crippen molar-refractivity contribution in [1.29, 1.82) is 0 Å². The van der Waals surface area contributed by atoms with E-state index in [4.69, 9.17) is 0 Å². The van der Waals surface area contributed by atoms with Gasteiger partial charge in [-0.25, -0.2) is 4.39 Å². The number of hydrogen-bond acceptors (Lipinski definition) is 2. The van der Waals surface area contributed by atoms with Gasteiger partial charge < -0.3 is 10.2 Å². The first kappa shape index (κ1) is 18.7. The van der Waals surface area contributed by atoms with E-state index in [9.17, 15) is 4.39 Å². The van der Waals surface area contributed by atoms with E-state index in [1.54, 1.807) is 19.2 Å². The number of aromatic nitrogens is 2. The third-order valence-corrected chi connectivity index (χ3v) is 4.24. The Morgan fingerprint density at radius 1 is 1.46 bits per heavy atom. The van der Waals surface area contributed by atoms with Crippen molar-refractivity contribution >= 4 is 29.9 Å². The molecular weight excluding hydrogens is 420 g/mol. The predicted octanol–water partition coefficient (Wildman–Crippen LogP) is 2.74. The molecule has 7 heteroatoms. The Labute approximate surface area is 159 Å². The first-order valence-electron chi connectivity index (χ1n) is 7.84. The zero-order valence-corrected chi connectivity index (χ0v) is 16.3. The largest absolute Gasteiger partial charge is 0.352 e. The smallest absolute Gasteiger partial charge is 0.193 e. The van der Waals surface area contributed by atoms with Gasteiger partial charge >= 0.3 is 0 Å². The second-order valence-corrected chi connectivity index (χ2v) is 5.91. The lowest BCUT2D eigenvalue weighted by Gasteiger charge is -2.21. The number of rotatable bonds is 3. The monoisotopic (exact) mass is 443 g/mol. The van der Waals surface area contributed by atoms with E-state index in [1.165, 1.54) is 11.6 Å². The quantitative estimate of drug-likeness (QED) is 0.451. The molecule has 1 saturated heterocycles. The SMILES string of the molecule is CN=C(NCc1cccc(F)c1)N1CCC(c2cnn(C)c2)C1.I. The minimum atomic E-state index is -0.211. The van der Waals surface area contributed by atoms with E-state index < -0.39 is 0 Å². The van der Waals surface area contributed by atoms with Crippen LogP contribution in [-0.4, -0.2) is 40.8 Å². The van der Waals surface area contributed by atoms with Gasteiger partial charge in [-0.1, -0.05) is 12.1 Å². The standard InChI is InChI=1S/C17H22FN5.HI/c1-19-17(20-9-13-4-3-5-16(18)8-13)23-7-6-14(12-23)15-10-21-22(2)11-15;/h3-5,8,10-11,14H,6-7,9,12H2,1-2H3,(H,19,20);1H. The van der Waals surface area contributed by atoms with Crippen molar-refractivity contribution < 1.29 is 4.39 Å². The van der Waals surface area contributed by atoms with Crippen LogP contribution >= 0.6 is 24.0 Å². The van der Waals surface area contributed by atoms with Gasteiger partial charge in [-0.15, -0.1) is 24.0 Å². The fourth-order valence-electron chi connectivity index (χ4n) is 3.04. The topological polar surface area (TPSA) is 45.5 Å². The van der Waals surface area contributed by atoms with Crippen LogP contribution in [0, 0.1) is 5.82 Å². The second kappa shape index (κ2) is 8.46. The molecule has 130 valence electrons. The van der Waals surface area contributed by atoms with E-state index in [-0.39, 0.29) is 29.8 Å². The summed E-state index contributed by atoms with van der Waals surface area (Å²) >= 11 is 0. The molecule has 0 spiro atoms. The molecule has 1 aliphatic heterocycles. The Morgan fingerprint density at radius 2 is 2.29 bits per heavy atom. The van der Waals surface area contributed by atoms with Crippen LogP contribution in [0.15, 0.2) is 41.7 Å². The number of aryl methyl sites for hydroxylation is 1. The number of guanidine groups is 1. The lowest BCUT2D eigenvalue weighted by molar-refractivity contribution is 0.485. The molecule has 0 aliphatic carbocycles. The number of halogens is 2. The molecule has 2 aromatic rings. The highest BCUT2D eigenvalue weighted by Gasteiger charge is 2.26. The Balaban J connectivity index is 0.00000208. The van der Waals surface area contributed by atoms with Crippen molar-refractivity contribution in [2.45, 2.75) is 18.9 Å². The lowest BCUT2D eigenvalue weighted by atomic mass is 10.0. The van der Waals surface area contributed by atoms with Crippen molar-refractivity contribution in [3.8, 4) is 0 Å². The zero-order valence-electron chi connectivity index (χ0n) is 13.9. The molecule has 1 aromatic carbocycles. The molecule has 5 nitrogen and oxygen atoms in total. The Bertz CT molecular complexity index is 700. The Hall–Kier alpha value is -1.64. The van der Waals surface area contributed by atoms with Crippen molar-refractivity contribution in [3.63, 3.8) is 0 Å². The fourth-order valence-corrected chi connectivity index (χ4v) is 3.04. The first-order valence-corrected chi connectivity index (χ1v) is 7.84. The second-order valence-electron chi connectivity index (χ2n) is 5.91. The van der Waals surface area contributed by atoms with Crippen LogP contribution in [0.2, 0.25) is 0 Å². The van der Waals surface area contributed by atoms with Gasteiger partial charge in [-0.05, 0) is 29.7 Å². The van der Waals surface area contributed by atoms with Gasteiger partial charge in [0.25, 0.3) is 0 Å². The van der Waals surface area contributed by atoms with E-state index >= 15 is 0 Å². The van der Waals surface area contributed by atoms with Gasteiger partial charge in [-0.2, -0.15) is 5.10 Å². The number of aliphatic imine (C=N–C) groups is 1. The van der Waals surface area contributed by atoms with Crippen LogP contribution in [0.25, 0.3) is 0 Å². The number of nitrogens with zero attached hydrogens (tertiary/aromatic N) is 4. The minimum Gasteiger partial charge on any atom is -0.352 e. The summed E-state index contributed by atoms with van der Waals surface area (Å²) in [5, 5.41) is 7.57. The summed E-state index contributed by atoms with van der Waals surface area (Å²) < 4.78 is 15.1. The van der Waals surface area contributed by atoms with Crippen LogP contribution in [0.1, 0.15) is 23.5 Å². The number of nitrogens with one attached hydrogen (secondary N) is 1. The highest BCUT2D eigenvalue weighted by atomic mass is 127. The zero-order chi connectivity index (χ0) is 16.2. The van der Waals surface area contributed by atoms with Gasteiger partial charge in [0.05, 0.1) is 6.20 Å². The molecule has 1 atom stereocenters. The maximum atomic E-state index is 13.2. The van der Waals surface area contributed by atoms with Crippen molar-refractivity contribution in [3.05, 3.63) is 53.6 Å². The molecule has 0 bridgehead atoms. The number of hydrogen-bond donors (Lipinski definition) is 1. The first-order chi connectivity index (χ1) is 11.2. The summed E-state index contributed by atoms with van der Waals surface area (Å²) in [6, 6.07) is 6.63. The summed E-state index contributed by atoms with van der Waals surface area (Å²) in [4.78, 5) is 6.60. The highest BCUT2D eigenvalue weighted by molar-refractivity contribution is 14.0. The van der Waals surface area contributed by atoms with E-state index in [1.807, 2.05) is 24.0 Å². The molecule has 1 fully saturated rings. The molecule has 3 rings (SSSR count). The van der Waals surface area contributed by atoms with E-state index in [0.29, 0.717) is 12.5 Å². The van der Waals surface area contributed by atoms with Gasteiger partial charge in [-0.3, -0.25) is 9.67 Å². The number of benzene rings is 1. The van der Waals surface area contributed by atoms with Crippen molar-refractivity contribution in [2.75, 3.05) is 20.1 Å². The molecule has 0 amide bonds. The van der Waals surface area contributed by atoms with Crippen LogP contribution in [0.4, 0.5) is 4.39 Å². The van der Waals surface area contributed by atoms with Gasteiger partial charge in [0.2, 0.25) is 0 Å². The van der Waals surface area contributed by atoms with Gasteiger partial charge in [0.1, 0.15) is 5.82 Å². The summed E-state index contributed by atoms with van der Waals surface area (Å²) in [6.45, 7) is 2.45. The van der Waals surface area contributed by atoms with E-state index in [2.05, 4.69) is 26.5 Å². The maximum absolute atomic E-state index is 13.2. The summed E-state index contributed by atoms with van der Waals surface area (Å²) in [6.07, 6.45) is 5.11. The van der Waals surface area contributed by atoms with Gasteiger partial charge in [0, 0.05) is 45.8 Å². The Kier molecular flexibility index (Phi) is 6.59. The Morgan fingerprint density at radius 3 is 2.96 bits per heavy atom. The summed E-state index contributed by atoms with van der Waals surface area (Å²) in [7, 11) is 3.72. The molecule has 2 heterocycles. The van der Waals surface area contributed by atoms with Crippen LogP contribution < -0.4 is 5.32 Å².